The van der Waals surface area contributed by atoms with Gasteiger partial charge >= 0.3 is 6.01 Å². The van der Waals surface area contributed by atoms with Gasteiger partial charge in [0.15, 0.2) is 5.78 Å². The van der Waals surface area contributed by atoms with E-state index in [1.54, 1.807) is 17.0 Å². The molecule has 10 rings (SSSR count). The summed E-state index contributed by atoms with van der Waals surface area (Å²) in [4.78, 5) is 59.6. The molecule has 0 aliphatic carbocycles. The topological polar surface area (TPSA) is 199 Å². The molecule has 0 saturated carbocycles. The van der Waals surface area contributed by atoms with Gasteiger partial charge in [0, 0.05) is 102 Å². The largest absolute Gasteiger partial charge is 0.496 e. The molecule has 1 aromatic heterocycles. The number of anilines is 2. The summed E-state index contributed by atoms with van der Waals surface area (Å²) in [5.74, 6) is -2.77. The second kappa shape index (κ2) is 28.0. The molecule has 6 aromatic rings. The lowest BCUT2D eigenvalue weighted by Gasteiger charge is -2.42. The number of fused-ring (bicyclic) bond motifs is 2. The number of likely N-dealkylation sites (tertiary alicyclic amines) is 1. The second-order valence-electron chi connectivity index (χ2n) is 24.5. The van der Waals surface area contributed by atoms with E-state index in [0.717, 1.165) is 40.8 Å². The van der Waals surface area contributed by atoms with Gasteiger partial charge in [-0.3, -0.25) is 19.3 Å². The molecule has 0 spiro atoms. The molecule has 2 N–H and O–H groups in total. The number of likely N-dealkylation sites (N-methyl/N-ethyl adjacent to an activating group) is 1. The van der Waals surface area contributed by atoms with E-state index in [1.165, 1.54) is 55.0 Å². The molecule has 3 saturated heterocycles. The van der Waals surface area contributed by atoms with Gasteiger partial charge in [0.1, 0.15) is 35.2 Å². The van der Waals surface area contributed by atoms with Crippen LogP contribution in [0.4, 0.5) is 20.3 Å². The minimum absolute atomic E-state index is 0.0103. The van der Waals surface area contributed by atoms with E-state index in [0.29, 0.717) is 77.4 Å². The average molecular weight is 1250 g/mol. The van der Waals surface area contributed by atoms with Gasteiger partial charge in [0.2, 0.25) is 5.91 Å². The van der Waals surface area contributed by atoms with Gasteiger partial charge in [-0.2, -0.15) is 20.5 Å². The molecule has 7 atom stereocenters. The van der Waals surface area contributed by atoms with Crippen LogP contribution in [0.3, 0.4) is 0 Å². The highest BCUT2D eigenvalue weighted by Gasteiger charge is 2.61. The number of nitriles is 2. The first-order valence-electron chi connectivity index (χ1n) is 30.1. The Morgan fingerprint density at radius 2 is 1.72 bits per heavy atom. The Labute approximate surface area is 528 Å². The lowest BCUT2D eigenvalue weighted by Crippen LogP contribution is -2.55. The van der Waals surface area contributed by atoms with Crippen LogP contribution in [0.25, 0.3) is 10.8 Å². The zero-order valence-electron chi connectivity index (χ0n) is 50.7. The van der Waals surface area contributed by atoms with Gasteiger partial charge < -0.3 is 44.3 Å². The maximum absolute atomic E-state index is 16.3. The number of ether oxygens (including phenoxy) is 4. The third-order valence-corrected chi connectivity index (χ3v) is 18.1. The quantitative estimate of drug-likeness (QED) is 0.0481. The van der Waals surface area contributed by atoms with Crippen molar-refractivity contribution in [2.45, 2.75) is 101 Å². The predicted molar refractivity (Wildman–Crippen MR) is 338 cm³/mol. The van der Waals surface area contributed by atoms with Gasteiger partial charge in [-0.1, -0.05) is 111 Å². The number of piperazine rings is 1. The third kappa shape index (κ3) is 14.0. The first-order chi connectivity index (χ1) is 42.8. The van der Waals surface area contributed by atoms with Gasteiger partial charge in [0.05, 0.1) is 80.9 Å². The Morgan fingerprint density at radius 1 is 0.921 bits per heavy atom. The Hall–Kier alpha value is -7.75. The van der Waals surface area contributed by atoms with Crippen LogP contribution in [-0.4, -0.2) is 147 Å². The van der Waals surface area contributed by atoms with Crippen molar-refractivity contribution < 1.29 is 42.1 Å². The average Bonchev–Trinajstić information content (AvgIpc) is 1.62. The van der Waals surface area contributed by atoms with Crippen LogP contribution < -0.4 is 29.9 Å². The molecule has 17 nitrogen and oxygen atoms in total. The number of benzene rings is 5. The lowest BCUT2D eigenvalue weighted by atomic mass is 9.62. The molecule has 466 valence electrons. The first kappa shape index (κ1) is 64.2. The van der Waals surface area contributed by atoms with E-state index >= 15 is 8.78 Å². The maximum atomic E-state index is 16.3. The van der Waals surface area contributed by atoms with Gasteiger partial charge in [0.25, 0.3) is 5.91 Å². The Balaban J connectivity index is 0.728. The molecule has 5 heterocycles. The van der Waals surface area contributed by atoms with Crippen molar-refractivity contribution in [3.63, 3.8) is 0 Å². The van der Waals surface area contributed by atoms with E-state index < -0.39 is 52.2 Å². The lowest BCUT2D eigenvalue weighted by molar-refractivity contribution is -0.128. The number of rotatable bonds is 22. The zero-order valence-corrected chi connectivity index (χ0v) is 52.3. The summed E-state index contributed by atoms with van der Waals surface area (Å²) in [6.45, 7) is 14.3. The fourth-order valence-corrected chi connectivity index (χ4v) is 13.6. The standard InChI is InChI=1S/C68H74Cl2F2N10O7/c1-7-60(84)82-28-27-81(37-46(82)22-24-73)64-50-23-26-80(56-17-10-13-42-12-8-9-14-49(42)56)39-55(50)76-66(78-64)89-40-47-35-48(38-79(47)5)88-31-30-87-29-25-75-65(85)44-19-18-43(58(33-44)86-6)32-57(83)63-61(51-15-11-16-53(70)62(51)72)68(41-74,59(77-63)36-67(2,3)4)52-21-20-45(69)34-54(52)71/h7-21,33-34,46-48,59,61,63,77H,1,22-23,25-32,35-40H2,2-6H3,(H,75,85)/t46-,47-,48+,59-,61-,63-,68-/m0/s1. The van der Waals surface area contributed by atoms with Crippen LogP contribution >= 0.6 is 23.2 Å². The van der Waals surface area contributed by atoms with Crippen LogP contribution in [0.5, 0.6) is 11.8 Å². The van der Waals surface area contributed by atoms with Crippen molar-refractivity contribution in [3.05, 3.63) is 165 Å². The number of aromatic nitrogens is 2. The van der Waals surface area contributed by atoms with E-state index in [1.807, 2.05) is 33.9 Å². The van der Waals surface area contributed by atoms with E-state index in [4.69, 9.17) is 52.1 Å². The number of Topliss-reactive ketones (excluding diaryl/α,β-unsaturated/α-hetero) is 1. The summed E-state index contributed by atoms with van der Waals surface area (Å²) in [5, 5.41) is 29.5. The number of carbonyl (C=O) groups is 3. The highest BCUT2D eigenvalue weighted by molar-refractivity contribution is 6.31. The SMILES string of the molecule is C=CC(=O)N1CCN(c2nc(OC[C@@H]3C[C@@H](OCCOCCNC(=O)c4ccc(CC(=O)[C@@H]5N[C@@H](CC(C)(C)C)[C@](C#N)(c6ccc(Cl)cc6F)[C@H]5c5cccc(Cl)c5F)c(OC)c4)CN3C)nc3c2CCN(c2cccc4ccccc24)C3)C[C@@H]1CC#N. The van der Waals surface area contributed by atoms with Crippen LogP contribution in [0.15, 0.2) is 110 Å². The van der Waals surface area contributed by atoms with Crippen molar-refractivity contribution in [2.24, 2.45) is 5.41 Å². The normalized spacial score (nSPS) is 21.9. The van der Waals surface area contributed by atoms with Crippen molar-refractivity contribution in [1.29, 1.82) is 10.5 Å². The van der Waals surface area contributed by atoms with Gasteiger partial charge in [-0.15, -0.1) is 0 Å². The van der Waals surface area contributed by atoms with Gasteiger partial charge in [-0.25, -0.2) is 8.78 Å². The number of halogens is 4. The molecule has 4 aliphatic rings. The van der Waals surface area contributed by atoms with Gasteiger partial charge in [-0.05, 0) is 85.1 Å². The van der Waals surface area contributed by atoms with Crippen LogP contribution in [0.1, 0.15) is 84.3 Å². The summed E-state index contributed by atoms with van der Waals surface area (Å²) in [5.41, 5.74) is 1.53. The number of methoxy groups -OCH3 is 1. The van der Waals surface area contributed by atoms with E-state index in [-0.39, 0.29) is 88.6 Å². The molecule has 0 radical (unpaired) electrons. The first-order valence-corrected chi connectivity index (χ1v) is 30.8. The fraction of sp³-hybridized carbons (Fsp3) is 0.426. The number of nitrogens with zero attached hydrogens (tertiary/aromatic N) is 8. The number of amides is 2. The van der Waals surface area contributed by atoms with E-state index in [9.17, 15) is 24.9 Å². The summed E-state index contributed by atoms with van der Waals surface area (Å²) < 4.78 is 56.8. The highest BCUT2D eigenvalue weighted by atomic mass is 35.5. The number of ketones is 1. The molecule has 4 aliphatic heterocycles. The molecule has 2 amide bonds. The van der Waals surface area contributed by atoms with Crippen molar-refractivity contribution in [3.8, 4) is 23.9 Å². The number of hydrogen-bond donors (Lipinski definition) is 2. The zero-order chi connectivity index (χ0) is 63.1. The molecular formula is C68H74Cl2F2N10O7. The highest BCUT2D eigenvalue weighted by Crippen LogP contribution is 2.53. The number of nitrogens with one attached hydrogen (secondary N) is 2. The molecule has 5 aromatic carbocycles. The molecule has 0 bridgehead atoms. The number of carbonyl (C=O) groups excluding carboxylic acids is 3. The second-order valence-corrected chi connectivity index (χ2v) is 25.3. The minimum Gasteiger partial charge on any atom is -0.496 e. The summed E-state index contributed by atoms with van der Waals surface area (Å²) in [6.07, 6.45) is 2.89. The molecule has 0 unspecified atom stereocenters. The van der Waals surface area contributed by atoms with Crippen molar-refractivity contribution in [2.75, 3.05) is 89.7 Å². The minimum atomic E-state index is -1.79. The Morgan fingerprint density at radius 3 is 2.48 bits per heavy atom. The summed E-state index contributed by atoms with van der Waals surface area (Å²) in [7, 11) is 3.46. The third-order valence-electron chi connectivity index (χ3n) is 17.6. The summed E-state index contributed by atoms with van der Waals surface area (Å²) in [6, 6.07) is 30.4. The van der Waals surface area contributed by atoms with Crippen LogP contribution in [0.2, 0.25) is 10.0 Å². The van der Waals surface area contributed by atoms with E-state index in [2.05, 4.69) is 80.4 Å². The molecule has 21 heteroatoms. The van der Waals surface area contributed by atoms with Crippen LogP contribution in [0, 0.1) is 39.7 Å². The number of hydrogen-bond acceptors (Lipinski definition) is 15. The van der Waals surface area contributed by atoms with Crippen molar-refractivity contribution in [1.82, 2.24) is 30.4 Å². The maximum Gasteiger partial charge on any atom is 0.318 e. The predicted octanol–water partition coefficient (Wildman–Crippen LogP) is 9.95. The van der Waals surface area contributed by atoms with Crippen molar-refractivity contribution >= 4 is 63.1 Å². The summed E-state index contributed by atoms with van der Waals surface area (Å²) >= 11 is 12.5. The molecule has 3 fully saturated rings. The van der Waals surface area contributed by atoms with Crippen LogP contribution in [-0.2, 0) is 43.9 Å². The molecular weight excluding hydrogens is 1180 g/mol. The monoisotopic (exact) mass is 1250 g/mol. The smallest absolute Gasteiger partial charge is 0.318 e. The fourth-order valence-electron chi connectivity index (χ4n) is 13.3. The Bertz CT molecular complexity index is 3700. The molecule has 89 heavy (non-hydrogen) atoms. The Kier molecular flexibility index (Phi) is 20.2.